The number of aryl methyl sites for hydroxylation is 1. The minimum Gasteiger partial charge on any atom is -0.369 e. The van der Waals surface area contributed by atoms with E-state index in [4.69, 9.17) is 5.73 Å². The molecule has 0 atom stereocenters. The Balaban J connectivity index is 2.49. The highest BCUT2D eigenvalue weighted by Gasteiger charge is 2.04. The van der Waals surface area contributed by atoms with Gasteiger partial charge >= 0.3 is 0 Å². The van der Waals surface area contributed by atoms with Gasteiger partial charge in [-0.15, -0.1) is 0 Å². The summed E-state index contributed by atoms with van der Waals surface area (Å²) < 4.78 is 2.05. The van der Waals surface area contributed by atoms with Crippen LogP contribution in [0.5, 0.6) is 0 Å². The Morgan fingerprint density at radius 1 is 1.71 bits per heavy atom. The molecular formula is C9H15N3OS. The summed E-state index contributed by atoms with van der Waals surface area (Å²) in [6.45, 7) is 3.10. The maximum Gasteiger partial charge on any atom is 0.227 e. The van der Waals surface area contributed by atoms with Gasteiger partial charge in [0.15, 0.2) is 5.16 Å². The van der Waals surface area contributed by atoms with Gasteiger partial charge < -0.3 is 10.3 Å². The highest BCUT2D eigenvalue weighted by molar-refractivity contribution is 7.99. The number of unbranched alkanes of at least 4 members (excludes halogenated alkanes) is 1. The van der Waals surface area contributed by atoms with Gasteiger partial charge in [0, 0.05) is 18.9 Å². The quantitative estimate of drug-likeness (QED) is 0.724. The third kappa shape index (κ3) is 3.41. The average molecular weight is 213 g/mol. The summed E-state index contributed by atoms with van der Waals surface area (Å²) in [5.41, 5.74) is 5.06. The first-order valence-corrected chi connectivity index (χ1v) is 5.65. The predicted molar refractivity (Wildman–Crippen MR) is 57.1 cm³/mol. The van der Waals surface area contributed by atoms with Crippen molar-refractivity contribution >= 4 is 17.7 Å². The Morgan fingerprint density at radius 2 is 2.50 bits per heavy atom. The van der Waals surface area contributed by atoms with Crippen LogP contribution in [0.25, 0.3) is 0 Å². The fraction of sp³-hybridized carbons (Fsp3) is 0.556. The van der Waals surface area contributed by atoms with Crippen LogP contribution in [0.4, 0.5) is 0 Å². The van der Waals surface area contributed by atoms with Crippen molar-refractivity contribution in [2.24, 2.45) is 5.73 Å². The fourth-order valence-electron chi connectivity index (χ4n) is 1.07. The minimum absolute atomic E-state index is 0.295. The van der Waals surface area contributed by atoms with Crippen LogP contribution in [0.3, 0.4) is 0 Å². The number of aromatic nitrogens is 2. The smallest absolute Gasteiger partial charge is 0.227 e. The number of rotatable bonds is 6. The molecule has 0 saturated heterocycles. The lowest BCUT2D eigenvalue weighted by atomic mass is 10.3. The number of amides is 1. The largest absolute Gasteiger partial charge is 0.369 e. The Labute approximate surface area is 87.9 Å². The maximum atomic E-state index is 10.6. The number of carbonyl (C=O) groups excluding carboxylic acids is 1. The molecular weight excluding hydrogens is 198 g/mol. The summed E-state index contributed by atoms with van der Waals surface area (Å²) >= 11 is 1.39. The van der Waals surface area contributed by atoms with Gasteiger partial charge in [0.05, 0.1) is 5.75 Å². The first-order chi connectivity index (χ1) is 6.74. The second-order valence-corrected chi connectivity index (χ2v) is 3.95. The number of imidazole rings is 1. The van der Waals surface area contributed by atoms with Gasteiger partial charge in [-0.1, -0.05) is 25.1 Å². The molecule has 5 heteroatoms. The summed E-state index contributed by atoms with van der Waals surface area (Å²) in [7, 11) is 0. The van der Waals surface area contributed by atoms with Gasteiger partial charge in [0.25, 0.3) is 0 Å². The molecule has 0 radical (unpaired) electrons. The Morgan fingerprint density at radius 3 is 3.14 bits per heavy atom. The molecule has 1 heterocycles. The molecule has 0 aliphatic carbocycles. The lowest BCUT2D eigenvalue weighted by Crippen LogP contribution is -2.13. The molecule has 0 unspecified atom stereocenters. The molecule has 0 spiro atoms. The molecule has 0 bridgehead atoms. The van der Waals surface area contributed by atoms with E-state index in [0.29, 0.717) is 5.75 Å². The molecule has 4 nitrogen and oxygen atoms in total. The summed E-state index contributed by atoms with van der Waals surface area (Å²) in [6, 6.07) is 0. The van der Waals surface area contributed by atoms with Crippen LogP contribution >= 0.6 is 11.8 Å². The van der Waals surface area contributed by atoms with Crippen LogP contribution in [0.1, 0.15) is 19.8 Å². The van der Waals surface area contributed by atoms with E-state index in [0.717, 1.165) is 24.5 Å². The van der Waals surface area contributed by atoms with Gasteiger partial charge in [0.1, 0.15) is 0 Å². The molecule has 1 amide bonds. The SMILES string of the molecule is CCCCn1ccnc1SCC(N)=O. The maximum absolute atomic E-state index is 10.6. The van der Waals surface area contributed by atoms with Gasteiger partial charge in [-0.3, -0.25) is 4.79 Å². The third-order valence-corrected chi connectivity index (χ3v) is 2.80. The van der Waals surface area contributed by atoms with Crippen molar-refractivity contribution in [1.29, 1.82) is 0 Å². The lowest BCUT2D eigenvalue weighted by molar-refractivity contribution is -0.115. The number of primary amides is 1. The van der Waals surface area contributed by atoms with Gasteiger partial charge in [-0.05, 0) is 6.42 Å². The van der Waals surface area contributed by atoms with E-state index in [-0.39, 0.29) is 5.91 Å². The van der Waals surface area contributed by atoms with Crippen LogP contribution in [-0.2, 0) is 11.3 Å². The molecule has 1 aromatic heterocycles. The molecule has 14 heavy (non-hydrogen) atoms. The highest BCUT2D eigenvalue weighted by Crippen LogP contribution is 2.15. The van der Waals surface area contributed by atoms with Gasteiger partial charge in [-0.25, -0.2) is 4.98 Å². The molecule has 2 N–H and O–H groups in total. The molecule has 0 saturated carbocycles. The van der Waals surface area contributed by atoms with E-state index in [1.807, 2.05) is 6.20 Å². The summed E-state index contributed by atoms with van der Waals surface area (Å²) in [5, 5.41) is 0.872. The highest BCUT2D eigenvalue weighted by atomic mass is 32.2. The predicted octanol–water partition coefficient (Wildman–Crippen LogP) is 1.26. The zero-order valence-corrected chi connectivity index (χ0v) is 9.09. The van der Waals surface area contributed by atoms with E-state index in [2.05, 4.69) is 16.5 Å². The van der Waals surface area contributed by atoms with E-state index < -0.39 is 0 Å². The van der Waals surface area contributed by atoms with Gasteiger partial charge in [0.2, 0.25) is 5.91 Å². The monoisotopic (exact) mass is 213 g/mol. The molecule has 1 rings (SSSR count). The van der Waals surface area contributed by atoms with Crippen molar-refractivity contribution in [3.63, 3.8) is 0 Å². The topological polar surface area (TPSA) is 60.9 Å². The zero-order chi connectivity index (χ0) is 10.4. The molecule has 0 aliphatic heterocycles. The van der Waals surface area contributed by atoms with Crippen molar-refractivity contribution < 1.29 is 4.79 Å². The summed E-state index contributed by atoms with van der Waals surface area (Å²) in [6.07, 6.45) is 5.95. The number of hydrogen-bond donors (Lipinski definition) is 1. The van der Waals surface area contributed by atoms with Crippen molar-refractivity contribution in [2.45, 2.75) is 31.5 Å². The van der Waals surface area contributed by atoms with E-state index >= 15 is 0 Å². The van der Waals surface area contributed by atoms with Crippen molar-refractivity contribution in [3.05, 3.63) is 12.4 Å². The lowest BCUT2D eigenvalue weighted by Gasteiger charge is -2.04. The molecule has 0 aromatic carbocycles. The van der Waals surface area contributed by atoms with Crippen LogP contribution < -0.4 is 5.73 Å². The van der Waals surface area contributed by atoms with Crippen molar-refractivity contribution in [3.8, 4) is 0 Å². The number of hydrogen-bond acceptors (Lipinski definition) is 3. The second-order valence-electron chi connectivity index (χ2n) is 3.01. The van der Waals surface area contributed by atoms with Crippen molar-refractivity contribution in [1.82, 2.24) is 9.55 Å². The second kappa shape index (κ2) is 5.70. The summed E-state index contributed by atoms with van der Waals surface area (Å²) in [4.78, 5) is 14.7. The Kier molecular flexibility index (Phi) is 4.52. The van der Waals surface area contributed by atoms with Crippen LogP contribution in [-0.4, -0.2) is 21.2 Å². The first kappa shape index (κ1) is 11.1. The Bertz CT molecular complexity index is 298. The van der Waals surface area contributed by atoms with Crippen LogP contribution in [0.15, 0.2) is 17.6 Å². The number of nitrogens with two attached hydrogens (primary N) is 1. The third-order valence-electron chi connectivity index (χ3n) is 1.77. The molecule has 0 aliphatic rings. The Hall–Kier alpha value is -0.970. The fourth-order valence-corrected chi connectivity index (χ4v) is 1.79. The van der Waals surface area contributed by atoms with E-state index in [1.165, 1.54) is 11.8 Å². The van der Waals surface area contributed by atoms with Crippen LogP contribution in [0.2, 0.25) is 0 Å². The van der Waals surface area contributed by atoms with Crippen molar-refractivity contribution in [2.75, 3.05) is 5.75 Å². The standard InChI is InChI=1S/C9H15N3OS/c1-2-3-5-12-6-4-11-9(12)14-7-8(10)13/h4,6H,2-3,5,7H2,1H3,(H2,10,13). The molecule has 78 valence electrons. The number of thioether (sulfide) groups is 1. The zero-order valence-electron chi connectivity index (χ0n) is 8.27. The number of nitrogens with zero attached hydrogens (tertiary/aromatic N) is 2. The first-order valence-electron chi connectivity index (χ1n) is 4.66. The molecule has 0 fully saturated rings. The van der Waals surface area contributed by atoms with E-state index in [9.17, 15) is 4.79 Å². The minimum atomic E-state index is -0.306. The normalized spacial score (nSPS) is 10.4. The van der Waals surface area contributed by atoms with Crippen LogP contribution in [0, 0.1) is 0 Å². The summed E-state index contributed by atoms with van der Waals surface area (Å²) in [5.74, 6) is -0.0107. The molecule has 1 aromatic rings. The van der Waals surface area contributed by atoms with E-state index in [1.54, 1.807) is 6.20 Å². The average Bonchev–Trinajstić information content (AvgIpc) is 2.58. The number of carbonyl (C=O) groups is 1. The van der Waals surface area contributed by atoms with Gasteiger partial charge in [-0.2, -0.15) is 0 Å².